The van der Waals surface area contributed by atoms with Gasteiger partial charge in [-0.05, 0) is 48.4 Å². The molecule has 2 amide bonds. The molecule has 30 heavy (non-hydrogen) atoms. The Morgan fingerprint density at radius 3 is 1.83 bits per heavy atom. The number of carbonyl (C=O) groups is 2. The summed E-state index contributed by atoms with van der Waals surface area (Å²) in [6.07, 6.45) is 0.669. The molecule has 1 saturated heterocycles. The first-order chi connectivity index (χ1) is 14.5. The van der Waals surface area contributed by atoms with Crippen molar-refractivity contribution in [3.63, 3.8) is 0 Å². The van der Waals surface area contributed by atoms with Gasteiger partial charge in [0.2, 0.25) is 0 Å². The van der Waals surface area contributed by atoms with E-state index in [1.807, 2.05) is 0 Å². The number of halogens is 2. The Balaban J connectivity index is 1.30. The van der Waals surface area contributed by atoms with Gasteiger partial charge in [0.1, 0.15) is 37.8 Å². The first-order valence-corrected chi connectivity index (χ1v) is 10.2. The van der Waals surface area contributed by atoms with Gasteiger partial charge in [0, 0.05) is 12.2 Å². The highest BCUT2D eigenvalue weighted by Crippen LogP contribution is 2.07. The van der Waals surface area contributed by atoms with E-state index in [1.54, 1.807) is 24.3 Å². The van der Waals surface area contributed by atoms with Crippen LogP contribution in [0.5, 0.6) is 0 Å². The molecule has 4 N–H and O–H groups in total. The number of benzene rings is 2. The Bertz CT molecular complexity index is 835. The maximum absolute atomic E-state index is 12.9. The third-order valence-electron chi connectivity index (χ3n) is 5.26. The molecular formula is C22H28F2N4O2+2. The van der Waals surface area contributed by atoms with Gasteiger partial charge in [-0.3, -0.25) is 9.59 Å². The lowest BCUT2D eigenvalue weighted by Gasteiger charge is -2.28. The van der Waals surface area contributed by atoms with Crippen LogP contribution in [0.2, 0.25) is 0 Å². The zero-order chi connectivity index (χ0) is 21.3. The Morgan fingerprint density at radius 1 is 0.767 bits per heavy atom. The average molecular weight is 418 g/mol. The smallest absolute Gasteiger partial charge is 0.279 e. The fourth-order valence-electron chi connectivity index (χ4n) is 3.56. The second kappa shape index (κ2) is 10.8. The summed E-state index contributed by atoms with van der Waals surface area (Å²) in [7, 11) is 0. The number of nitrogens with one attached hydrogen (secondary N) is 4. The monoisotopic (exact) mass is 418 g/mol. The Kier molecular flexibility index (Phi) is 7.87. The molecule has 160 valence electrons. The quantitative estimate of drug-likeness (QED) is 0.447. The molecule has 2 aromatic rings. The van der Waals surface area contributed by atoms with Crippen LogP contribution in [0.1, 0.15) is 5.56 Å². The number of carbonyl (C=O) groups excluding carboxylic acids is 2. The summed E-state index contributed by atoms with van der Waals surface area (Å²) in [6.45, 7) is 4.57. The number of hydrogen-bond donors (Lipinski definition) is 4. The standard InChI is InChI=1S/C22H26F2N4O2/c23-18-3-1-17(2-4-18)9-10-25-21(29)15-27-11-13-28(14-12-27)16-22(30)26-20-7-5-19(24)6-8-20/h1-8H,9-16H2,(H,25,29)(H,26,30)/p+2. The third kappa shape index (κ3) is 7.20. The van der Waals surface area contributed by atoms with Crippen molar-refractivity contribution in [3.05, 3.63) is 65.7 Å². The van der Waals surface area contributed by atoms with Gasteiger partial charge in [0.05, 0.1) is 0 Å². The van der Waals surface area contributed by atoms with Crippen LogP contribution in [0.15, 0.2) is 48.5 Å². The molecule has 1 aliphatic heterocycles. The Morgan fingerprint density at radius 2 is 1.27 bits per heavy atom. The Labute approximate surface area is 174 Å². The second-order valence-corrected chi connectivity index (χ2v) is 7.64. The highest BCUT2D eigenvalue weighted by molar-refractivity contribution is 5.91. The lowest BCUT2D eigenvalue weighted by Crippen LogP contribution is -3.28. The molecule has 6 nitrogen and oxygen atoms in total. The van der Waals surface area contributed by atoms with E-state index < -0.39 is 0 Å². The van der Waals surface area contributed by atoms with Gasteiger partial charge in [-0.1, -0.05) is 12.1 Å². The number of amides is 2. The normalized spacial score (nSPS) is 18.6. The lowest BCUT2D eigenvalue weighted by molar-refractivity contribution is -1.00. The molecule has 0 bridgehead atoms. The van der Waals surface area contributed by atoms with Crippen LogP contribution < -0.4 is 20.4 Å². The van der Waals surface area contributed by atoms with Gasteiger partial charge in [-0.25, -0.2) is 8.78 Å². The van der Waals surface area contributed by atoms with E-state index in [1.165, 1.54) is 34.1 Å². The fraction of sp³-hybridized carbons (Fsp3) is 0.364. The molecule has 1 fully saturated rings. The largest absolute Gasteiger partial charge is 0.351 e. The minimum absolute atomic E-state index is 0.00427. The summed E-state index contributed by atoms with van der Waals surface area (Å²) in [6, 6.07) is 12.0. The van der Waals surface area contributed by atoms with Crippen molar-refractivity contribution in [3.8, 4) is 0 Å². The molecular weight excluding hydrogens is 390 g/mol. The third-order valence-corrected chi connectivity index (χ3v) is 5.26. The number of anilines is 1. The van der Waals surface area contributed by atoms with Crippen molar-refractivity contribution in [1.82, 2.24) is 5.32 Å². The maximum atomic E-state index is 12.9. The molecule has 0 aliphatic carbocycles. The van der Waals surface area contributed by atoms with Crippen LogP contribution in [-0.2, 0) is 16.0 Å². The molecule has 3 rings (SSSR count). The highest BCUT2D eigenvalue weighted by Gasteiger charge is 2.26. The van der Waals surface area contributed by atoms with Crippen LogP contribution in [-0.4, -0.2) is 57.6 Å². The van der Waals surface area contributed by atoms with Gasteiger partial charge < -0.3 is 20.4 Å². The average Bonchev–Trinajstić information content (AvgIpc) is 2.73. The summed E-state index contributed by atoms with van der Waals surface area (Å²) in [5.41, 5.74) is 1.57. The predicted molar refractivity (Wildman–Crippen MR) is 109 cm³/mol. The van der Waals surface area contributed by atoms with Gasteiger partial charge in [-0.2, -0.15) is 0 Å². The number of quaternary nitrogens is 2. The molecule has 0 radical (unpaired) electrons. The van der Waals surface area contributed by atoms with Crippen molar-refractivity contribution < 1.29 is 28.2 Å². The van der Waals surface area contributed by atoms with Crippen molar-refractivity contribution in [2.24, 2.45) is 0 Å². The minimum atomic E-state index is -0.336. The van der Waals surface area contributed by atoms with E-state index in [9.17, 15) is 18.4 Å². The van der Waals surface area contributed by atoms with Crippen LogP contribution in [0, 0.1) is 11.6 Å². The summed E-state index contributed by atoms with van der Waals surface area (Å²) in [4.78, 5) is 26.7. The van der Waals surface area contributed by atoms with Crippen LogP contribution >= 0.6 is 0 Å². The molecule has 8 heteroatoms. The minimum Gasteiger partial charge on any atom is -0.351 e. The van der Waals surface area contributed by atoms with Crippen LogP contribution in [0.3, 0.4) is 0 Å². The molecule has 0 unspecified atom stereocenters. The van der Waals surface area contributed by atoms with E-state index in [2.05, 4.69) is 10.6 Å². The molecule has 0 saturated carbocycles. The van der Waals surface area contributed by atoms with Crippen LogP contribution in [0.4, 0.5) is 14.5 Å². The van der Waals surface area contributed by atoms with E-state index in [4.69, 9.17) is 0 Å². The molecule has 0 atom stereocenters. The SMILES string of the molecule is O=C(C[NH+]1CC[NH+](CC(=O)Nc2ccc(F)cc2)CC1)NCCc1ccc(F)cc1. The lowest BCUT2D eigenvalue weighted by atomic mass is 10.1. The summed E-state index contributed by atoms with van der Waals surface area (Å²) in [5.74, 6) is -0.694. The zero-order valence-electron chi connectivity index (χ0n) is 16.8. The second-order valence-electron chi connectivity index (χ2n) is 7.64. The van der Waals surface area contributed by atoms with Crippen molar-refractivity contribution >= 4 is 17.5 Å². The number of hydrogen-bond acceptors (Lipinski definition) is 2. The van der Waals surface area contributed by atoms with Gasteiger partial charge in [0.15, 0.2) is 13.1 Å². The first-order valence-electron chi connectivity index (χ1n) is 10.2. The molecule has 2 aromatic carbocycles. The van der Waals surface area contributed by atoms with E-state index in [0.29, 0.717) is 31.7 Å². The number of piperazine rings is 1. The van der Waals surface area contributed by atoms with E-state index in [-0.39, 0.29) is 23.4 Å². The highest BCUT2D eigenvalue weighted by atomic mass is 19.1. The number of rotatable bonds is 8. The van der Waals surface area contributed by atoms with Gasteiger partial charge >= 0.3 is 0 Å². The topological polar surface area (TPSA) is 67.1 Å². The van der Waals surface area contributed by atoms with Gasteiger partial charge in [0.25, 0.3) is 11.8 Å². The molecule has 0 aromatic heterocycles. The summed E-state index contributed by atoms with van der Waals surface area (Å²) in [5, 5.41) is 5.70. The summed E-state index contributed by atoms with van der Waals surface area (Å²) < 4.78 is 25.8. The van der Waals surface area contributed by atoms with Crippen molar-refractivity contribution in [1.29, 1.82) is 0 Å². The van der Waals surface area contributed by atoms with Gasteiger partial charge in [-0.15, -0.1) is 0 Å². The molecule has 1 heterocycles. The van der Waals surface area contributed by atoms with E-state index in [0.717, 1.165) is 31.7 Å². The van der Waals surface area contributed by atoms with Crippen LogP contribution in [0.25, 0.3) is 0 Å². The van der Waals surface area contributed by atoms with Crippen molar-refractivity contribution in [2.45, 2.75) is 6.42 Å². The molecule has 0 spiro atoms. The predicted octanol–water partition coefficient (Wildman–Crippen LogP) is -0.954. The first kappa shape index (κ1) is 21.9. The fourth-order valence-corrected chi connectivity index (χ4v) is 3.56. The van der Waals surface area contributed by atoms with Crippen molar-refractivity contribution in [2.75, 3.05) is 51.1 Å². The molecule has 1 aliphatic rings. The maximum Gasteiger partial charge on any atom is 0.279 e. The Hall–Kier alpha value is -2.84. The zero-order valence-corrected chi connectivity index (χ0v) is 16.8. The summed E-state index contributed by atoms with van der Waals surface area (Å²) >= 11 is 0. The van der Waals surface area contributed by atoms with E-state index >= 15 is 0 Å².